The Labute approximate surface area is 76.8 Å². The quantitative estimate of drug-likeness (QED) is 0.539. The highest BCUT2D eigenvalue weighted by atomic mass is 16.5. The number of hydrogen-bond acceptors (Lipinski definition) is 4. The molecule has 0 bridgehead atoms. The number of hydrogen-bond donors (Lipinski definition) is 3. The number of methoxy groups -OCH3 is 1. The predicted octanol–water partition coefficient (Wildman–Crippen LogP) is -0.0915. The Bertz CT molecular complexity index is 230. The molecule has 0 saturated carbocycles. The van der Waals surface area contributed by atoms with Gasteiger partial charge in [-0.15, -0.1) is 0 Å². The Morgan fingerprint density at radius 3 is 2.85 bits per heavy atom. The van der Waals surface area contributed by atoms with Crippen LogP contribution in [0.3, 0.4) is 0 Å². The molecule has 0 heterocycles. The van der Waals surface area contributed by atoms with Crippen LogP contribution in [0.25, 0.3) is 0 Å². The zero-order valence-electron chi connectivity index (χ0n) is 7.47. The van der Waals surface area contributed by atoms with Crippen LogP contribution < -0.4 is 0 Å². The first-order valence-corrected chi connectivity index (χ1v) is 4.12. The molecule has 4 nitrogen and oxygen atoms in total. The maximum Gasteiger partial charge on any atom is 0.155 e. The Morgan fingerprint density at radius 2 is 2.31 bits per heavy atom. The molecule has 1 atom stereocenters. The number of rotatable bonds is 3. The highest BCUT2D eigenvalue weighted by molar-refractivity contribution is 5.27. The molecule has 0 saturated heterocycles. The van der Waals surface area contributed by atoms with Gasteiger partial charge in [0.15, 0.2) is 6.29 Å². The van der Waals surface area contributed by atoms with E-state index < -0.39 is 12.4 Å². The third-order valence-corrected chi connectivity index (χ3v) is 1.91. The first kappa shape index (κ1) is 10.2. The van der Waals surface area contributed by atoms with Gasteiger partial charge < -0.3 is 20.1 Å². The predicted molar refractivity (Wildman–Crippen MR) is 46.6 cm³/mol. The lowest BCUT2D eigenvalue weighted by Gasteiger charge is -2.18. The van der Waals surface area contributed by atoms with Crippen molar-refractivity contribution < 1.29 is 20.1 Å². The summed E-state index contributed by atoms with van der Waals surface area (Å²) < 4.78 is 4.92. The van der Waals surface area contributed by atoms with Gasteiger partial charge in [0, 0.05) is 6.42 Å². The van der Waals surface area contributed by atoms with E-state index in [1.54, 1.807) is 12.2 Å². The lowest BCUT2D eigenvalue weighted by molar-refractivity contribution is -0.0378. The van der Waals surface area contributed by atoms with Gasteiger partial charge in [-0.05, 0) is 18.1 Å². The maximum absolute atomic E-state index is 9.36. The van der Waals surface area contributed by atoms with Gasteiger partial charge in [0.25, 0.3) is 0 Å². The molecule has 0 aliphatic heterocycles. The van der Waals surface area contributed by atoms with Crippen molar-refractivity contribution in [3.8, 4) is 0 Å². The van der Waals surface area contributed by atoms with Gasteiger partial charge in [-0.25, -0.2) is 0 Å². The zero-order chi connectivity index (χ0) is 9.84. The van der Waals surface area contributed by atoms with E-state index in [1.165, 1.54) is 7.11 Å². The van der Waals surface area contributed by atoms with Crippen LogP contribution in [0.1, 0.15) is 12.8 Å². The summed E-state index contributed by atoms with van der Waals surface area (Å²) in [5, 5.41) is 26.8. The molecule has 0 spiro atoms. The average molecular weight is 186 g/mol. The summed E-state index contributed by atoms with van der Waals surface area (Å²) >= 11 is 0. The molecule has 1 aliphatic rings. The van der Waals surface area contributed by atoms with Crippen molar-refractivity contribution in [3.05, 3.63) is 23.5 Å². The molecule has 0 aromatic heterocycles. The fourth-order valence-electron chi connectivity index (χ4n) is 1.27. The molecule has 13 heavy (non-hydrogen) atoms. The van der Waals surface area contributed by atoms with Gasteiger partial charge in [0.05, 0.1) is 7.11 Å². The second-order valence-electron chi connectivity index (χ2n) is 2.97. The molecule has 4 heteroatoms. The van der Waals surface area contributed by atoms with E-state index in [9.17, 15) is 5.11 Å². The van der Waals surface area contributed by atoms with Gasteiger partial charge in [-0.1, -0.05) is 6.08 Å². The molecule has 1 unspecified atom stereocenters. The second-order valence-corrected chi connectivity index (χ2v) is 2.97. The number of ether oxygens (including phenoxy) is 1. The Hall–Kier alpha value is -0.840. The van der Waals surface area contributed by atoms with Crippen molar-refractivity contribution in [1.82, 2.24) is 0 Å². The first-order valence-electron chi connectivity index (χ1n) is 4.12. The van der Waals surface area contributed by atoms with Crippen LogP contribution in [0.5, 0.6) is 0 Å². The lowest BCUT2D eigenvalue weighted by atomic mass is 10.0. The summed E-state index contributed by atoms with van der Waals surface area (Å²) in [6.45, 7) is 0. The summed E-state index contributed by atoms with van der Waals surface area (Å²) in [4.78, 5) is 0. The summed E-state index contributed by atoms with van der Waals surface area (Å²) in [5.41, 5.74) is 0.775. The van der Waals surface area contributed by atoms with E-state index >= 15 is 0 Å². The highest BCUT2D eigenvalue weighted by Gasteiger charge is 2.16. The highest BCUT2D eigenvalue weighted by Crippen LogP contribution is 2.20. The van der Waals surface area contributed by atoms with Crippen LogP contribution in [0.15, 0.2) is 23.5 Å². The van der Waals surface area contributed by atoms with E-state index in [1.807, 2.05) is 0 Å². The van der Waals surface area contributed by atoms with Gasteiger partial charge in [-0.3, -0.25) is 0 Å². The van der Waals surface area contributed by atoms with Crippen LogP contribution in [-0.4, -0.2) is 34.8 Å². The Morgan fingerprint density at radius 1 is 1.62 bits per heavy atom. The van der Waals surface area contributed by atoms with Crippen LogP contribution in [0, 0.1) is 0 Å². The van der Waals surface area contributed by atoms with E-state index in [2.05, 4.69) is 0 Å². The smallest absolute Gasteiger partial charge is 0.155 e. The van der Waals surface area contributed by atoms with Crippen LogP contribution in [-0.2, 0) is 4.74 Å². The molecule has 0 aromatic rings. The number of aliphatic hydroxyl groups is 3. The summed E-state index contributed by atoms with van der Waals surface area (Å²) in [6, 6.07) is 0. The third-order valence-electron chi connectivity index (χ3n) is 1.91. The van der Waals surface area contributed by atoms with Crippen molar-refractivity contribution in [1.29, 1.82) is 0 Å². The number of allylic oxidation sites excluding steroid dienone is 1. The van der Waals surface area contributed by atoms with Crippen molar-refractivity contribution in [2.24, 2.45) is 0 Å². The molecular formula is C9H14O4. The first-order chi connectivity index (χ1) is 6.13. The van der Waals surface area contributed by atoms with Gasteiger partial charge >= 0.3 is 0 Å². The fraction of sp³-hybridized carbons (Fsp3) is 0.556. The molecule has 0 radical (unpaired) electrons. The SMILES string of the molecule is COC1=CC(CC(O)O)=CCC1O. The second kappa shape index (κ2) is 4.41. The van der Waals surface area contributed by atoms with Gasteiger partial charge in [0.2, 0.25) is 0 Å². The third kappa shape index (κ3) is 2.84. The summed E-state index contributed by atoms with van der Waals surface area (Å²) in [7, 11) is 1.48. The molecule has 74 valence electrons. The van der Waals surface area contributed by atoms with E-state index in [0.717, 1.165) is 5.57 Å². The van der Waals surface area contributed by atoms with Crippen LogP contribution in [0.2, 0.25) is 0 Å². The van der Waals surface area contributed by atoms with Crippen molar-refractivity contribution in [2.75, 3.05) is 7.11 Å². The van der Waals surface area contributed by atoms with Gasteiger partial charge in [0.1, 0.15) is 11.9 Å². The fourth-order valence-corrected chi connectivity index (χ4v) is 1.27. The number of aliphatic hydroxyl groups excluding tert-OH is 2. The average Bonchev–Trinajstić information content (AvgIpc) is 2.07. The van der Waals surface area contributed by atoms with Crippen molar-refractivity contribution in [3.63, 3.8) is 0 Å². The monoisotopic (exact) mass is 186 g/mol. The normalized spacial score (nSPS) is 22.7. The molecular weight excluding hydrogens is 172 g/mol. The molecule has 1 aliphatic carbocycles. The van der Waals surface area contributed by atoms with Crippen LogP contribution in [0.4, 0.5) is 0 Å². The van der Waals surface area contributed by atoms with Crippen molar-refractivity contribution >= 4 is 0 Å². The Kier molecular flexibility index (Phi) is 3.48. The van der Waals surface area contributed by atoms with Gasteiger partial charge in [-0.2, -0.15) is 0 Å². The topological polar surface area (TPSA) is 69.9 Å². The molecule has 3 N–H and O–H groups in total. The molecule has 0 aromatic carbocycles. The standard InChI is InChI=1S/C9H14O4/c1-13-8-4-6(5-9(11)12)2-3-7(8)10/h2,4,7,9-12H,3,5H2,1H3. The maximum atomic E-state index is 9.36. The van der Waals surface area contributed by atoms with Crippen LogP contribution >= 0.6 is 0 Å². The zero-order valence-corrected chi connectivity index (χ0v) is 7.47. The van der Waals surface area contributed by atoms with E-state index in [4.69, 9.17) is 14.9 Å². The molecule has 0 amide bonds. The minimum absolute atomic E-state index is 0.166. The largest absolute Gasteiger partial charge is 0.498 e. The Balaban J connectivity index is 2.64. The van der Waals surface area contributed by atoms with E-state index in [-0.39, 0.29) is 6.42 Å². The lowest BCUT2D eigenvalue weighted by Crippen LogP contribution is -2.16. The van der Waals surface area contributed by atoms with Crippen molar-refractivity contribution in [2.45, 2.75) is 25.2 Å². The minimum atomic E-state index is -1.35. The molecule has 1 rings (SSSR count). The summed E-state index contributed by atoms with van der Waals surface area (Å²) in [6.07, 6.45) is 2.07. The minimum Gasteiger partial charge on any atom is -0.498 e. The summed E-state index contributed by atoms with van der Waals surface area (Å²) in [5.74, 6) is 0.471. The molecule has 0 fully saturated rings. The van der Waals surface area contributed by atoms with E-state index in [0.29, 0.717) is 12.2 Å².